The smallest absolute Gasteiger partial charge is 0.321 e. The second-order valence-electron chi connectivity index (χ2n) is 4.93. The van der Waals surface area contributed by atoms with Crippen molar-refractivity contribution in [1.29, 1.82) is 0 Å². The molecular weight excluding hydrogens is 314 g/mol. The molecule has 2 rings (SSSR count). The van der Waals surface area contributed by atoms with Crippen LogP contribution in [0.2, 0.25) is 0 Å². The Hall–Kier alpha value is -2.35. The fourth-order valence-electron chi connectivity index (χ4n) is 1.88. The zero-order chi connectivity index (χ0) is 16.8. The molecule has 23 heavy (non-hydrogen) atoms. The van der Waals surface area contributed by atoms with Crippen LogP contribution in [-0.4, -0.2) is 39.0 Å². The van der Waals surface area contributed by atoms with Crippen molar-refractivity contribution in [2.24, 2.45) is 0 Å². The summed E-state index contributed by atoms with van der Waals surface area (Å²) in [7, 11) is 1.46. The van der Waals surface area contributed by atoms with Crippen molar-refractivity contribution in [3.8, 4) is 0 Å². The lowest BCUT2D eigenvalue weighted by molar-refractivity contribution is -0.119. The number of carbonyl (C=O) groups is 2. The molecule has 122 valence electrons. The molecule has 1 aromatic heterocycles. The molecule has 7 nitrogen and oxygen atoms in total. The lowest BCUT2D eigenvalue weighted by atomic mass is 10.2. The van der Waals surface area contributed by atoms with Gasteiger partial charge in [-0.2, -0.15) is 0 Å². The maximum absolute atomic E-state index is 11.9. The van der Waals surface area contributed by atoms with Crippen molar-refractivity contribution in [1.82, 2.24) is 25.4 Å². The topological polar surface area (TPSA) is 88.9 Å². The van der Waals surface area contributed by atoms with Crippen LogP contribution >= 0.6 is 11.8 Å². The third kappa shape index (κ3) is 4.56. The first kappa shape index (κ1) is 17.0. The minimum absolute atomic E-state index is 0.374. The lowest BCUT2D eigenvalue weighted by Crippen LogP contribution is -2.41. The molecule has 0 unspecified atom stereocenters. The number of benzene rings is 1. The number of imide groups is 1. The van der Waals surface area contributed by atoms with E-state index in [0.29, 0.717) is 11.7 Å². The second kappa shape index (κ2) is 7.77. The number of aromatic nitrogens is 3. The highest BCUT2D eigenvalue weighted by Gasteiger charge is 2.20. The molecule has 0 aliphatic carbocycles. The zero-order valence-electron chi connectivity index (χ0n) is 13.2. The van der Waals surface area contributed by atoms with E-state index in [2.05, 4.69) is 20.8 Å². The molecule has 2 aromatic rings. The molecule has 1 atom stereocenters. The highest BCUT2D eigenvalue weighted by atomic mass is 32.2. The Kier molecular flexibility index (Phi) is 5.75. The average Bonchev–Trinajstić information content (AvgIpc) is 2.88. The van der Waals surface area contributed by atoms with Crippen molar-refractivity contribution < 1.29 is 9.59 Å². The minimum atomic E-state index is -0.524. The van der Waals surface area contributed by atoms with Gasteiger partial charge in [0, 0.05) is 7.05 Å². The number of hydrogen-bond acceptors (Lipinski definition) is 5. The highest BCUT2D eigenvalue weighted by Crippen LogP contribution is 2.23. The van der Waals surface area contributed by atoms with Crippen LogP contribution in [0.1, 0.15) is 18.3 Å². The van der Waals surface area contributed by atoms with Crippen LogP contribution in [0.5, 0.6) is 0 Å². The van der Waals surface area contributed by atoms with E-state index >= 15 is 0 Å². The van der Waals surface area contributed by atoms with Gasteiger partial charge >= 0.3 is 6.03 Å². The summed E-state index contributed by atoms with van der Waals surface area (Å²) in [5.41, 5.74) is 1.12. The summed E-state index contributed by atoms with van der Waals surface area (Å²) in [6.45, 7) is 4.22. The molecule has 1 heterocycles. The summed E-state index contributed by atoms with van der Waals surface area (Å²) in [5, 5.41) is 13.0. The number of urea groups is 1. The Morgan fingerprint density at radius 1 is 1.26 bits per heavy atom. The summed E-state index contributed by atoms with van der Waals surface area (Å²) < 4.78 is 1.95. The molecule has 0 fully saturated rings. The highest BCUT2D eigenvalue weighted by molar-refractivity contribution is 8.00. The standard InChI is InChI=1S/C15H19N5O2S/c1-10(13(21)17-14(22)16-3)23-15-19-18-11(2)20(15)9-12-7-5-4-6-8-12/h4-8,10H,9H2,1-3H3,(H2,16,17,21,22)/t10-/m0/s1. The molecule has 0 bridgehead atoms. The molecule has 2 N–H and O–H groups in total. The quantitative estimate of drug-likeness (QED) is 0.811. The monoisotopic (exact) mass is 333 g/mol. The summed E-state index contributed by atoms with van der Waals surface area (Å²) in [5.74, 6) is 0.400. The number of carbonyl (C=O) groups excluding carboxylic acids is 2. The fraction of sp³-hybridized carbons (Fsp3) is 0.333. The summed E-state index contributed by atoms with van der Waals surface area (Å²) in [6.07, 6.45) is 0. The zero-order valence-corrected chi connectivity index (χ0v) is 14.1. The van der Waals surface area contributed by atoms with E-state index in [1.165, 1.54) is 18.8 Å². The van der Waals surface area contributed by atoms with Crippen molar-refractivity contribution in [3.63, 3.8) is 0 Å². The van der Waals surface area contributed by atoms with Gasteiger partial charge in [0.25, 0.3) is 0 Å². The Balaban J connectivity index is 2.09. The van der Waals surface area contributed by atoms with Gasteiger partial charge < -0.3 is 9.88 Å². The van der Waals surface area contributed by atoms with Gasteiger partial charge in [0.15, 0.2) is 5.16 Å². The van der Waals surface area contributed by atoms with Gasteiger partial charge in [-0.15, -0.1) is 10.2 Å². The van der Waals surface area contributed by atoms with E-state index in [1.807, 2.05) is 41.8 Å². The molecule has 3 amide bonds. The maximum atomic E-state index is 11.9. The van der Waals surface area contributed by atoms with Crippen LogP contribution in [0.4, 0.5) is 4.79 Å². The Morgan fingerprint density at radius 2 is 1.96 bits per heavy atom. The van der Waals surface area contributed by atoms with Gasteiger partial charge in [-0.3, -0.25) is 10.1 Å². The molecular formula is C15H19N5O2S. The van der Waals surface area contributed by atoms with Crippen molar-refractivity contribution in [2.45, 2.75) is 30.8 Å². The third-order valence-electron chi connectivity index (χ3n) is 3.20. The lowest BCUT2D eigenvalue weighted by Gasteiger charge is -2.12. The summed E-state index contributed by atoms with van der Waals surface area (Å²) in [6, 6.07) is 9.43. The van der Waals surface area contributed by atoms with Crippen LogP contribution < -0.4 is 10.6 Å². The fourth-order valence-corrected chi connectivity index (χ4v) is 2.78. The Labute approximate surface area is 138 Å². The number of aryl methyl sites for hydroxylation is 1. The first-order chi connectivity index (χ1) is 11.0. The Bertz CT molecular complexity index is 686. The van der Waals surface area contributed by atoms with Crippen LogP contribution in [0.25, 0.3) is 0 Å². The van der Waals surface area contributed by atoms with Crippen molar-refractivity contribution >= 4 is 23.7 Å². The van der Waals surface area contributed by atoms with Crippen LogP contribution in [0, 0.1) is 6.92 Å². The largest absolute Gasteiger partial charge is 0.341 e. The molecule has 0 radical (unpaired) electrons. The van der Waals surface area contributed by atoms with Crippen LogP contribution in [0.15, 0.2) is 35.5 Å². The van der Waals surface area contributed by atoms with E-state index in [0.717, 1.165) is 11.4 Å². The summed E-state index contributed by atoms with van der Waals surface area (Å²) >= 11 is 1.27. The molecule has 1 aromatic carbocycles. The van der Waals surface area contributed by atoms with Crippen molar-refractivity contribution in [2.75, 3.05) is 7.05 Å². The minimum Gasteiger partial charge on any atom is -0.341 e. The van der Waals surface area contributed by atoms with Gasteiger partial charge in [-0.05, 0) is 19.4 Å². The number of nitrogens with zero attached hydrogens (tertiary/aromatic N) is 3. The SMILES string of the molecule is CNC(=O)NC(=O)[C@H](C)Sc1nnc(C)n1Cc1ccccc1. The van der Waals surface area contributed by atoms with E-state index in [4.69, 9.17) is 0 Å². The van der Waals surface area contributed by atoms with Gasteiger partial charge in [-0.25, -0.2) is 4.79 Å². The number of hydrogen-bond donors (Lipinski definition) is 2. The van der Waals surface area contributed by atoms with E-state index < -0.39 is 11.3 Å². The molecule has 0 aliphatic heterocycles. The normalized spacial score (nSPS) is 11.8. The molecule has 0 saturated carbocycles. The maximum Gasteiger partial charge on any atom is 0.321 e. The molecule has 0 aliphatic rings. The van der Waals surface area contributed by atoms with Gasteiger partial charge in [-0.1, -0.05) is 42.1 Å². The first-order valence-corrected chi connectivity index (χ1v) is 8.02. The number of nitrogens with one attached hydrogen (secondary N) is 2. The predicted molar refractivity (Wildman–Crippen MR) is 88.2 cm³/mol. The molecule has 0 saturated heterocycles. The number of thioether (sulfide) groups is 1. The van der Waals surface area contributed by atoms with E-state index in [-0.39, 0.29) is 5.91 Å². The van der Waals surface area contributed by atoms with E-state index in [9.17, 15) is 9.59 Å². The predicted octanol–water partition coefficient (Wildman–Crippen LogP) is 1.57. The Morgan fingerprint density at radius 3 is 2.61 bits per heavy atom. The van der Waals surface area contributed by atoms with Crippen LogP contribution in [0.3, 0.4) is 0 Å². The van der Waals surface area contributed by atoms with Gasteiger partial charge in [0.2, 0.25) is 5.91 Å². The second-order valence-corrected chi connectivity index (χ2v) is 6.24. The number of rotatable bonds is 5. The first-order valence-electron chi connectivity index (χ1n) is 7.14. The van der Waals surface area contributed by atoms with Crippen molar-refractivity contribution in [3.05, 3.63) is 41.7 Å². The molecule has 8 heteroatoms. The average molecular weight is 333 g/mol. The van der Waals surface area contributed by atoms with E-state index in [1.54, 1.807) is 6.92 Å². The molecule has 0 spiro atoms. The van der Waals surface area contributed by atoms with Gasteiger partial charge in [0.05, 0.1) is 11.8 Å². The van der Waals surface area contributed by atoms with Crippen LogP contribution in [-0.2, 0) is 11.3 Å². The number of amides is 3. The summed E-state index contributed by atoms with van der Waals surface area (Å²) in [4.78, 5) is 23.1. The third-order valence-corrected chi connectivity index (χ3v) is 4.28. The van der Waals surface area contributed by atoms with Gasteiger partial charge in [0.1, 0.15) is 5.82 Å².